The molecule has 1 aliphatic carbocycles. The average Bonchev–Trinajstić information content (AvgIpc) is 3.03. The SMILES string of the molecule is CC1c2ccccc2-c2c(Br)cc(-c3ccccc3)c(-c3ccccc3)c21. The van der Waals surface area contributed by atoms with Crippen molar-refractivity contribution in [3.05, 3.63) is 107 Å². The van der Waals surface area contributed by atoms with E-state index < -0.39 is 0 Å². The molecule has 1 atom stereocenters. The van der Waals surface area contributed by atoms with Crippen molar-refractivity contribution in [2.45, 2.75) is 12.8 Å². The number of halogens is 1. The van der Waals surface area contributed by atoms with Gasteiger partial charge in [-0.1, -0.05) is 108 Å². The van der Waals surface area contributed by atoms with Crippen molar-refractivity contribution in [2.75, 3.05) is 0 Å². The average molecular weight is 411 g/mol. The Morgan fingerprint density at radius 3 is 1.93 bits per heavy atom. The van der Waals surface area contributed by atoms with E-state index in [-0.39, 0.29) is 0 Å². The van der Waals surface area contributed by atoms with Crippen molar-refractivity contribution in [2.24, 2.45) is 0 Å². The van der Waals surface area contributed by atoms with Gasteiger partial charge in [0.1, 0.15) is 0 Å². The summed E-state index contributed by atoms with van der Waals surface area (Å²) in [6.45, 7) is 2.33. The number of hydrogen-bond donors (Lipinski definition) is 0. The molecule has 4 aromatic rings. The van der Waals surface area contributed by atoms with Crippen molar-refractivity contribution in [1.82, 2.24) is 0 Å². The van der Waals surface area contributed by atoms with Gasteiger partial charge in [-0.3, -0.25) is 0 Å². The van der Waals surface area contributed by atoms with Crippen LogP contribution in [0.2, 0.25) is 0 Å². The summed E-state index contributed by atoms with van der Waals surface area (Å²) >= 11 is 3.90. The lowest BCUT2D eigenvalue weighted by molar-refractivity contribution is 0.959. The van der Waals surface area contributed by atoms with Gasteiger partial charge in [0.2, 0.25) is 0 Å². The molecule has 0 amide bonds. The topological polar surface area (TPSA) is 0 Å². The minimum atomic E-state index is 0.367. The van der Waals surface area contributed by atoms with Gasteiger partial charge in [0.05, 0.1) is 0 Å². The molecule has 0 spiro atoms. The Bertz CT molecular complexity index is 1130. The first kappa shape index (κ1) is 16.5. The second-order valence-electron chi connectivity index (χ2n) is 7.11. The number of hydrogen-bond acceptors (Lipinski definition) is 0. The van der Waals surface area contributed by atoms with Crippen molar-refractivity contribution in [3.63, 3.8) is 0 Å². The van der Waals surface area contributed by atoms with Crippen LogP contribution < -0.4 is 0 Å². The molecule has 0 aliphatic heterocycles. The molecule has 0 radical (unpaired) electrons. The van der Waals surface area contributed by atoms with Crippen molar-refractivity contribution >= 4 is 15.9 Å². The fraction of sp³-hybridized carbons (Fsp3) is 0.0769. The summed E-state index contributed by atoms with van der Waals surface area (Å²) in [4.78, 5) is 0. The molecule has 0 saturated carbocycles. The van der Waals surface area contributed by atoms with Crippen LogP contribution in [-0.4, -0.2) is 0 Å². The van der Waals surface area contributed by atoms with E-state index in [9.17, 15) is 0 Å². The minimum absolute atomic E-state index is 0.367. The van der Waals surface area contributed by atoms with Crippen LogP contribution in [0.25, 0.3) is 33.4 Å². The van der Waals surface area contributed by atoms with Crippen LogP contribution in [-0.2, 0) is 0 Å². The zero-order valence-corrected chi connectivity index (χ0v) is 16.7. The summed E-state index contributed by atoms with van der Waals surface area (Å²) in [6.07, 6.45) is 0. The molecular formula is C26H19Br. The molecule has 0 heterocycles. The van der Waals surface area contributed by atoms with E-state index in [0.29, 0.717) is 5.92 Å². The van der Waals surface area contributed by atoms with Crippen molar-refractivity contribution in [1.29, 1.82) is 0 Å². The summed E-state index contributed by atoms with van der Waals surface area (Å²) in [6, 6.07) is 32.6. The fourth-order valence-electron chi connectivity index (χ4n) is 4.40. The van der Waals surface area contributed by atoms with E-state index in [1.807, 2.05) is 0 Å². The lowest BCUT2D eigenvalue weighted by Crippen LogP contribution is -1.97. The van der Waals surface area contributed by atoms with Gasteiger partial charge in [0.15, 0.2) is 0 Å². The van der Waals surface area contributed by atoms with Crippen LogP contribution in [0.4, 0.5) is 0 Å². The largest absolute Gasteiger partial charge is 0.0622 e. The van der Waals surface area contributed by atoms with Gasteiger partial charge >= 0.3 is 0 Å². The summed E-state index contributed by atoms with van der Waals surface area (Å²) in [7, 11) is 0. The van der Waals surface area contributed by atoms with Gasteiger partial charge in [0, 0.05) is 16.0 Å². The Balaban J connectivity index is 1.90. The first-order valence-electron chi connectivity index (χ1n) is 9.32. The standard InChI is InChI=1S/C26H19Br/c1-17-20-14-8-9-15-21(20)26-23(27)16-22(18-10-4-2-5-11-18)25(24(17)26)19-12-6-3-7-13-19/h2-17H,1H3. The highest BCUT2D eigenvalue weighted by Gasteiger charge is 2.31. The smallest absolute Gasteiger partial charge is 0.0263 e. The van der Waals surface area contributed by atoms with E-state index >= 15 is 0 Å². The maximum atomic E-state index is 3.90. The van der Waals surface area contributed by atoms with Gasteiger partial charge in [-0.2, -0.15) is 0 Å². The highest BCUT2D eigenvalue weighted by molar-refractivity contribution is 9.10. The number of rotatable bonds is 2. The molecule has 0 nitrogen and oxygen atoms in total. The summed E-state index contributed by atoms with van der Waals surface area (Å²) < 4.78 is 1.17. The van der Waals surface area contributed by atoms with Gasteiger partial charge < -0.3 is 0 Å². The molecule has 27 heavy (non-hydrogen) atoms. The molecule has 0 saturated heterocycles. The molecule has 5 rings (SSSR count). The van der Waals surface area contributed by atoms with Gasteiger partial charge in [-0.05, 0) is 45.0 Å². The van der Waals surface area contributed by atoms with Gasteiger partial charge in [-0.25, -0.2) is 0 Å². The Hall–Kier alpha value is -2.64. The molecule has 0 aromatic heterocycles. The summed E-state index contributed by atoms with van der Waals surface area (Å²) in [5, 5.41) is 0. The zero-order chi connectivity index (χ0) is 18.4. The van der Waals surface area contributed by atoms with Crippen molar-refractivity contribution in [3.8, 4) is 33.4 Å². The van der Waals surface area contributed by atoms with E-state index in [4.69, 9.17) is 0 Å². The predicted molar refractivity (Wildman–Crippen MR) is 118 cm³/mol. The Kier molecular flexibility index (Phi) is 3.98. The van der Waals surface area contributed by atoms with Crippen LogP contribution in [0.15, 0.2) is 95.5 Å². The molecule has 130 valence electrons. The van der Waals surface area contributed by atoms with E-state index in [1.165, 1.54) is 49.0 Å². The lowest BCUT2D eigenvalue weighted by atomic mass is 9.85. The zero-order valence-electron chi connectivity index (χ0n) is 15.1. The monoisotopic (exact) mass is 410 g/mol. The van der Waals surface area contributed by atoms with Crippen LogP contribution in [0.5, 0.6) is 0 Å². The summed E-state index contributed by atoms with van der Waals surface area (Å²) in [5.41, 5.74) is 10.7. The number of benzene rings is 4. The van der Waals surface area contributed by atoms with Crippen LogP contribution in [0, 0.1) is 0 Å². The molecular weight excluding hydrogens is 392 g/mol. The Morgan fingerprint density at radius 1 is 0.630 bits per heavy atom. The lowest BCUT2D eigenvalue weighted by Gasteiger charge is -2.20. The van der Waals surface area contributed by atoms with Crippen molar-refractivity contribution < 1.29 is 0 Å². The molecule has 1 aliphatic rings. The highest BCUT2D eigenvalue weighted by atomic mass is 79.9. The molecule has 0 fully saturated rings. The molecule has 0 bridgehead atoms. The molecule has 0 N–H and O–H groups in total. The Labute approximate surface area is 168 Å². The maximum absolute atomic E-state index is 3.90. The highest BCUT2D eigenvalue weighted by Crippen LogP contribution is 2.54. The summed E-state index contributed by atoms with van der Waals surface area (Å²) in [5.74, 6) is 0.367. The van der Waals surface area contributed by atoms with Gasteiger partial charge in [-0.15, -0.1) is 0 Å². The van der Waals surface area contributed by atoms with Crippen LogP contribution in [0.1, 0.15) is 24.0 Å². The predicted octanol–water partition coefficient (Wildman–Crippen LogP) is 7.92. The fourth-order valence-corrected chi connectivity index (χ4v) is 5.05. The third kappa shape index (κ3) is 2.57. The van der Waals surface area contributed by atoms with Crippen LogP contribution >= 0.6 is 15.9 Å². The van der Waals surface area contributed by atoms with E-state index in [0.717, 1.165) is 0 Å². The first-order chi connectivity index (χ1) is 13.3. The second kappa shape index (κ2) is 6.51. The van der Waals surface area contributed by atoms with E-state index in [2.05, 4.69) is 114 Å². The molecule has 1 unspecified atom stereocenters. The second-order valence-corrected chi connectivity index (χ2v) is 7.96. The third-order valence-electron chi connectivity index (χ3n) is 5.59. The molecule has 1 heteroatoms. The molecule has 4 aromatic carbocycles. The normalized spacial score (nSPS) is 14.7. The minimum Gasteiger partial charge on any atom is -0.0622 e. The van der Waals surface area contributed by atoms with Gasteiger partial charge in [0.25, 0.3) is 0 Å². The van der Waals surface area contributed by atoms with E-state index in [1.54, 1.807) is 0 Å². The van der Waals surface area contributed by atoms with Crippen LogP contribution in [0.3, 0.4) is 0 Å². The Morgan fingerprint density at radius 2 is 1.22 bits per heavy atom. The third-order valence-corrected chi connectivity index (χ3v) is 6.22. The maximum Gasteiger partial charge on any atom is 0.0263 e. The number of fused-ring (bicyclic) bond motifs is 3. The first-order valence-corrected chi connectivity index (χ1v) is 10.1. The quantitative estimate of drug-likeness (QED) is 0.314.